The lowest BCUT2D eigenvalue weighted by molar-refractivity contribution is -0.124. The zero-order valence-electron chi connectivity index (χ0n) is 19.3. The number of primary amides is 1. The molecule has 0 saturated heterocycles. The number of anilines is 1. The van der Waals surface area contributed by atoms with E-state index in [4.69, 9.17) is 10.5 Å². The normalized spacial score (nSPS) is 12.0. The Hall–Kier alpha value is -4.41. The maximum absolute atomic E-state index is 13.5. The highest BCUT2D eigenvalue weighted by molar-refractivity contribution is 5.95. The molecule has 0 aliphatic carbocycles. The van der Waals surface area contributed by atoms with E-state index in [2.05, 4.69) is 10.3 Å². The number of aromatic amines is 1. The van der Waals surface area contributed by atoms with Crippen LogP contribution in [0.25, 0.3) is 10.9 Å². The van der Waals surface area contributed by atoms with Gasteiger partial charge in [-0.15, -0.1) is 0 Å². The number of benzene rings is 1. The zero-order chi connectivity index (χ0) is 25.5. The quantitative estimate of drug-likeness (QED) is 0.401. The van der Waals surface area contributed by atoms with Crippen LogP contribution in [-0.2, 0) is 20.9 Å². The van der Waals surface area contributed by atoms with Crippen molar-refractivity contribution in [1.82, 2.24) is 14.5 Å². The number of pyridine rings is 1. The van der Waals surface area contributed by atoms with Gasteiger partial charge >= 0.3 is 6.09 Å². The van der Waals surface area contributed by atoms with E-state index >= 15 is 0 Å². The number of allylic oxidation sites excluding steroid dienone is 1. The predicted octanol–water partition coefficient (Wildman–Crippen LogP) is 2.34. The van der Waals surface area contributed by atoms with Gasteiger partial charge in [0.2, 0.25) is 5.91 Å². The summed E-state index contributed by atoms with van der Waals surface area (Å²) in [5.41, 5.74) is 5.98. The van der Waals surface area contributed by atoms with E-state index in [0.29, 0.717) is 11.1 Å². The van der Waals surface area contributed by atoms with Crippen LogP contribution in [0.4, 0.5) is 14.9 Å². The molecule has 0 aliphatic heterocycles. The highest BCUT2D eigenvalue weighted by Gasteiger charge is 2.24. The van der Waals surface area contributed by atoms with Gasteiger partial charge < -0.3 is 30.2 Å². The van der Waals surface area contributed by atoms with Crippen molar-refractivity contribution in [3.05, 3.63) is 76.6 Å². The van der Waals surface area contributed by atoms with Gasteiger partial charge in [0, 0.05) is 36.9 Å². The fourth-order valence-electron chi connectivity index (χ4n) is 3.32. The topological polar surface area (TPSA) is 140 Å². The number of hydrogen-bond acceptors (Lipinski definition) is 5. The number of carbonyl (C=O) groups excluding carboxylic acids is 3. The maximum Gasteiger partial charge on any atom is 0.410 e. The van der Waals surface area contributed by atoms with Crippen molar-refractivity contribution < 1.29 is 23.5 Å². The number of H-pyrrole nitrogens is 1. The summed E-state index contributed by atoms with van der Waals surface area (Å²) in [6, 6.07) is 9.12. The number of halogens is 1. The van der Waals surface area contributed by atoms with Crippen LogP contribution in [0, 0.1) is 5.82 Å². The molecule has 184 valence electrons. The first-order chi connectivity index (χ1) is 16.6. The summed E-state index contributed by atoms with van der Waals surface area (Å²) >= 11 is 0. The molecular weight excluding hydrogens is 457 g/mol. The third-order valence-electron chi connectivity index (χ3n) is 5.04. The third-order valence-corrected chi connectivity index (χ3v) is 5.04. The van der Waals surface area contributed by atoms with Gasteiger partial charge in [-0.1, -0.05) is 6.08 Å². The predicted molar refractivity (Wildman–Crippen MR) is 128 cm³/mol. The molecule has 0 spiro atoms. The minimum atomic E-state index is -1.21. The molecule has 35 heavy (non-hydrogen) atoms. The molecule has 2 heterocycles. The van der Waals surface area contributed by atoms with Crippen LogP contribution >= 0.6 is 0 Å². The number of nitrogens with zero attached hydrogens (tertiary/aromatic N) is 2. The zero-order valence-corrected chi connectivity index (χ0v) is 19.3. The molecule has 1 unspecified atom stereocenters. The number of nitrogens with one attached hydrogen (secondary N) is 2. The van der Waals surface area contributed by atoms with Crippen LogP contribution in [0.3, 0.4) is 0 Å². The molecule has 0 saturated carbocycles. The second-order valence-electron chi connectivity index (χ2n) is 8.02. The van der Waals surface area contributed by atoms with Crippen LogP contribution < -0.4 is 16.6 Å². The van der Waals surface area contributed by atoms with Gasteiger partial charge in [0.05, 0.1) is 6.54 Å². The summed E-state index contributed by atoms with van der Waals surface area (Å²) in [7, 11) is 2.94. The smallest absolute Gasteiger partial charge is 0.410 e. The Morgan fingerprint density at radius 2 is 2.03 bits per heavy atom. The first-order valence-corrected chi connectivity index (χ1v) is 10.8. The SMILES string of the molecule is CN(C)C(=O)OC(CC/C=C/C(N)=O)C(=O)Nc1cccn(Cc2cc3cc(F)ccc3[nH]2)c1=O. The van der Waals surface area contributed by atoms with Crippen molar-refractivity contribution in [2.24, 2.45) is 5.73 Å². The van der Waals surface area contributed by atoms with Gasteiger partial charge in [0.1, 0.15) is 11.5 Å². The number of fused-ring (bicyclic) bond motifs is 1. The maximum atomic E-state index is 13.5. The summed E-state index contributed by atoms with van der Waals surface area (Å²) in [6.07, 6.45) is 2.54. The summed E-state index contributed by atoms with van der Waals surface area (Å²) in [4.78, 5) is 53.0. The second kappa shape index (κ2) is 11.1. The van der Waals surface area contributed by atoms with Gasteiger partial charge in [0.25, 0.3) is 11.5 Å². The molecule has 0 aliphatic rings. The minimum absolute atomic E-state index is 0.00163. The van der Waals surface area contributed by atoms with Crippen LogP contribution in [0.1, 0.15) is 18.5 Å². The van der Waals surface area contributed by atoms with Crippen molar-refractivity contribution in [1.29, 1.82) is 0 Å². The van der Waals surface area contributed by atoms with Gasteiger partial charge in [-0.25, -0.2) is 9.18 Å². The van der Waals surface area contributed by atoms with Crippen molar-refractivity contribution in [2.45, 2.75) is 25.5 Å². The number of aromatic nitrogens is 2. The summed E-state index contributed by atoms with van der Waals surface area (Å²) in [5.74, 6) is -1.69. The lowest BCUT2D eigenvalue weighted by Crippen LogP contribution is -2.37. The first kappa shape index (κ1) is 25.2. The molecule has 0 fully saturated rings. The van der Waals surface area contributed by atoms with E-state index in [0.717, 1.165) is 11.6 Å². The molecule has 0 bridgehead atoms. The fraction of sp³-hybridized carbons (Fsp3) is 0.250. The molecule has 3 amide bonds. The molecule has 2 aromatic heterocycles. The average molecular weight is 484 g/mol. The molecule has 10 nitrogen and oxygen atoms in total. The Balaban J connectivity index is 1.76. The Morgan fingerprint density at radius 3 is 2.74 bits per heavy atom. The Bertz CT molecular complexity index is 1330. The molecule has 0 radical (unpaired) electrons. The standard InChI is InChI=1S/C24H26FN5O5/c1-29(2)24(34)35-20(7-3-4-8-21(26)31)22(32)28-19-6-5-11-30(23(19)33)14-17-13-15-12-16(25)9-10-18(15)27-17/h4-6,8-13,20,27H,3,7,14H2,1-2H3,(H2,26,31)(H,28,32)/b8-4+. The van der Waals surface area contributed by atoms with Crippen LogP contribution in [-0.4, -0.2) is 52.6 Å². The lowest BCUT2D eigenvalue weighted by Gasteiger charge is -2.19. The van der Waals surface area contributed by atoms with E-state index in [1.807, 2.05) is 0 Å². The third kappa shape index (κ3) is 6.79. The highest BCUT2D eigenvalue weighted by atomic mass is 19.1. The number of hydrogen-bond donors (Lipinski definition) is 3. The van der Waals surface area contributed by atoms with Crippen LogP contribution in [0.5, 0.6) is 0 Å². The van der Waals surface area contributed by atoms with Crippen molar-refractivity contribution >= 4 is 34.5 Å². The first-order valence-electron chi connectivity index (χ1n) is 10.8. The largest absolute Gasteiger partial charge is 0.436 e. The number of carbonyl (C=O) groups is 3. The Kier molecular flexibility index (Phi) is 8.03. The van der Waals surface area contributed by atoms with E-state index in [9.17, 15) is 23.6 Å². The van der Waals surface area contributed by atoms with Crippen molar-refractivity contribution in [2.75, 3.05) is 19.4 Å². The molecule has 3 aromatic rings. The summed E-state index contributed by atoms with van der Waals surface area (Å²) < 4.78 is 20.1. The van der Waals surface area contributed by atoms with Crippen molar-refractivity contribution in [3.63, 3.8) is 0 Å². The Labute approximate surface area is 200 Å². The number of nitrogens with two attached hydrogens (primary N) is 1. The van der Waals surface area contributed by atoms with E-state index in [1.54, 1.807) is 24.4 Å². The summed E-state index contributed by atoms with van der Waals surface area (Å²) in [5, 5.41) is 3.20. The second-order valence-corrected chi connectivity index (χ2v) is 8.02. The molecular formula is C24H26FN5O5. The minimum Gasteiger partial charge on any atom is -0.436 e. The number of rotatable bonds is 9. The molecule has 4 N–H and O–H groups in total. The van der Waals surface area contributed by atoms with Gasteiger partial charge in [-0.05, 0) is 55.3 Å². The van der Waals surface area contributed by atoms with Crippen LogP contribution in [0.2, 0.25) is 0 Å². The summed E-state index contributed by atoms with van der Waals surface area (Å²) in [6.45, 7) is 0.162. The van der Waals surface area contributed by atoms with Crippen LogP contribution in [0.15, 0.2) is 59.5 Å². The van der Waals surface area contributed by atoms with E-state index in [1.165, 1.54) is 47.8 Å². The average Bonchev–Trinajstić information content (AvgIpc) is 3.19. The van der Waals surface area contributed by atoms with Gasteiger partial charge in [-0.2, -0.15) is 0 Å². The molecule has 1 aromatic carbocycles. The Morgan fingerprint density at radius 1 is 1.26 bits per heavy atom. The van der Waals surface area contributed by atoms with Crippen molar-refractivity contribution in [3.8, 4) is 0 Å². The number of ether oxygens (including phenoxy) is 1. The van der Waals surface area contributed by atoms with Gasteiger partial charge in [-0.3, -0.25) is 14.4 Å². The molecule has 11 heteroatoms. The molecule has 3 rings (SSSR count). The van der Waals surface area contributed by atoms with Gasteiger partial charge in [0.15, 0.2) is 6.10 Å². The van der Waals surface area contributed by atoms with E-state index < -0.39 is 29.6 Å². The monoisotopic (exact) mass is 483 g/mol. The number of amides is 3. The van der Waals surface area contributed by atoms with E-state index in [-0.39, 0.29) is 30.9 Å². The molecule has 1 atom stereocenters. The fourth-order valence-corrected chi connectivity index (χ4v) is 3.32. The lowest BCUT2D eigenvalue weighted by atomic mass is 10.1. The highest BCUT2D eigenvalue weighted by Crippen LogP contribution is 2.17.